The van der Waals surface area contributed by atoms with E-state index in [0.29, 0.717) is 6.54 Å². The quantitative estimate of drug-likeness (QED) is 0.837. The third-order valence-corrected chi connectivity index (χ3v) is 3.54. The third-order valence-electron chi connectivity index (χ3n) is 3.54. The molecule has 0 fully saturated rings. The maximum Gasteiger partial charge on any atom is 0.268 e. The first-order valence-corrected chi connectivity index (χ1v) is 6.52. The van der Waals surface area contributed by atoms with E-state index in [1.165, 1.54) is 0 Å². The second-order valence-electron chi connectivity index (χ2n) is 4.80. The van der Waals surface area contributed by atoms with E-state index in [0.717, 1.165) is 29.9 Å². The predicted octanol–water partition coefficient (Wildman–Crippen LogP) is 0.582. The molecule has 0 spiro atoms. The molecule has 3 N–H and O–H groups in total. The van der Waals surface area contributed by atoms with Gasteiger partial charge in [0.2, 0.25) is 0 Å². The van der Waals surface area contributed by atoms with Crippen LogP contribution in [0, 0.1) is 0 Å². The minimum Gasteiger partial charge on any atom is -0.365 e. The largest absolute Gasteiger partial charge is 0.365 e. The Hall–Kier alpha value is -2.40. The molecule has 1 amide bonds. The molecule has 0 saturated carbocycles. The molecule has 102 valence electrons. The van der Waals surface area contributed by atoms with Crippen LogP contribution in [0.3, 0.4) is 0 Å². The Balaban J connectivity index is 2.34. The van der Waals surface area contributed by atoms with E-state index < -0.39 is 5.91 Å². The molecule has 2 heterocycles. The van der Waals surface area contributed by atoms with Crippen LogP contribution in [-0.4, -0.2) is 17.0 Å². The topological polar surface area (TPSA) is 77.1 Å². The fourth-order valence-electron chi connectivity index (χ4n) is 2.57. The Morgan fingerprint density at radius 2 is 2.00 bits per heavy atom. The molecule has 1 aliphatic heterocycles. The zero-order valence-electron chi connectivity index (χ0n) is 10.9. The standard InChI is InChI=1S/C15H15N3O2/c16-14(19)12-8-10-6-7-17-9-13(10)18(15(12)20)11-4-2-1-3-5-11/h1-5,8,17H,6-7,9H2,(H2,16,19). The number of pyridine rings is 1. The fourth-order valence-corrected chi connectivity index (χ4v) is 2.57. The number of fused-ring (bicyclic) bond motifs is 1. The number of carbonyl (C=O) groups excluding carboxylic acids is 1. The smallest absolute Gasteiger partial charge is 0.268 e. The molecule has 0 unspecified atom stereocenters. The molecule has 5 nitrogen and oxygen atoms in total. The lowest BCUT2D eigenvalue weighted by molar-refractivity contribution is 0.0998. The summed E-state index contributed by atoms with van der Waals surface area (Å²) in [7, 11) is 0. The van der Waals surface area contributed by atoms with Gasteiger partial charge in [-0.3, -0.25) is 14.2 Å². The van der Waals surface area contributed by atoms with Crippen LogP contribution in [0.25, 0.3) is 5.69 Å². The second-order valence-corrected chi connectivity index (χ2v) is 4.80. The number of hydrogen-bond donors (Lipinski definition) is 2. The summed E-state index contributed by atoms with van der Waals surface area (Å²) in [5.74, 6) is -0.680. The first-order chi connectivity index (χ1) is 9.68. The fraction of sp³-hybridized carbons (Fsp3) is 0.200. The lowest BCUT2D eigenvalue weighted by Crippen LogP contribution is -2.36. The SMILES string of the molecule is NC(=O)c1cc2c(n(-c3ccccc3)c1=O)CNCC2. The summed E-state index contributed by atoms with van der Waals surface area (Å²) in [6.45, 7) is 1.44. The number of rotatable bonds is 2. The highest BCUT2D eigenvalue weighted by atomic mass is 16.2. The summed E-state index contributed by atoms with van der Waals surface area (Å²) < 4.78 is 1.58. The lowest BCUT2D eigenvalue weighted by Gasteiger charge is -2.22. The second kappa shape index (κ2) is 4.94. The van der Waals surface area contributed by atoms with Crippen LogP contribution in [-0.2, 0) is 13.0 Å². The van der Waals surface area contributed by atoms with E-state index >= 15 is 0 Å². The first-order valence-electron chi connectivity index (χ1n) is 6.52. The van der Waals surface area contributed by atoms with Crippen molar-refractivity contribution < 1.29 is 4.79 Å². The predicted molar refractivity (Wildman–Crippen MR) is 76.0 cm³/mol. The van der Waals surface area contributed by atoms with Crippen LogP contribution >= 0.6 is 0 Å². The number of carbonyl (C=O) groups is 1. The van der Waals surface area contributed by atoms with Gasteiger partial charge in [0.15, 0.2) is 0 Å². The third kappa shape index (κ3) is 2.02. The van der Waals surface area contributed by atoms with E-state index in [1.807, 2.05) is 30.3 Å². The number of aromatic nitrogens is 1. The first kappa shape index (κ1) is 12.6. The van der Waals surface area contributed by atoms with Crippen LogP contribution in [0.4, 0.5) is 0 Å². The Kier molecular flexibility index (Phi) is 3.12. The summed E-state index contributed by atoms with van der Waals surface area (Å²) in [6, 6.07) is 10.9. The van der Waals surface area contributed by atoms with Crippen LogP contribution in [0.2, 0.25) is 0 Å². The average molecular weight is 269 g/mol. The van der Waals surface area contributed by atoms with Gasteiger partial charge in [-0.15, -0.1) is 0 Å². The maximum absolute atomic E-state index is 12.5. The summed E-state index contributed by atoms with van der Waals surface area (Å²) in [4.78, 5) is 24.0. The highest BCUT2D eigenvalue weighted by molar-refractivity contribution is 5.92. The van der Waals surface area contributed by atoms with Crippen molar-refractivity contribution in [3.8, 4) is 5.69 Å². The molecule has 0 atom stereocenters. The molecule has 1 aromatic carbocycles. The zero-order valence-corrected chi connectivity index (χ0v) is 10.9. The molecule has 2 aromatic rings. The number of amides is 1. The Labute approximate surface area is 116 Å². The molecule has 20 heavy (non-hydrogen) atoms. The van der Waals surface area contributed by atoms with Crippen molar-refractivity contribution in [1.29, 1.82) is 0 Å². The number of primary amides is 1. The van der Waals surface area contributed by atoms with Crippen molar-refractivity contribution in [2.75, 3.05) is 6.54 Å². The number of nitrogens with two attached hydrogens (primary N) is 1. The van der Waals surface area contributed by atoms with E-state index in [2.05, 4.69) is 5.32 Å². The highest BCUT2D eigenvalue weighted by Gasteiger charge is 2.20. The molecule has 1 aliphatic rings. The Morgan fingerprint density at radius 3 is 2.70 bits per heavy atom. The molecule has 0 radical (unpaired) electrons. The molecule has 5 heteroatoms. The summed E-state index contributed by atoms with van der Waals surface area (Å²) in [5.41, 5.74) is 7.67. The van der Waals surface area contributed by atoms with Gasteiger partial charge in [0.1, 0.15) is 5.56 Å². The monoisotopic (exact) mass is 269 g/mol. The van der Waals surface area contributed by atoms with Gasteiger partial charge in [-0.05, 0) is 36.7 Å². The minimum atomic E-state index is -0.680. The molecular weight excluding hydrogens is 254 g/mol. The Morgan fingerprint density at radius 1 is 1.25 bits per heavy atom. The van der Waals surface area contributed by atoms with Gasteiger partial charge in [0.05, 0.1) is 0 Å². The number of para-hydroxylation sites is 1. The van der Waals surface area contributed by atoms with E-state index in [1.54, 1.807) is 10.6 Å². The normalized spacial score (nSPS) is 13.8. The molecule has 1 aromatic heterocycles. The van der Waals surface area contributed by atoms with Crippen LogP contribution in [0.1, 0.15) is 21.6 Å². The van der Waals surface area contributed by atoms with Crippen molar-refractivity contribution >= 4 is 5.91 Å². The van der Waals surface area contributed by atoms with Gasteiger partial charge in [-0.2, -0.15) is 0 Å². The van der Waals surface area contributed by atoms with E-state index in [9.17, 15) is 9.59 Å². The molecular formula is C15H15N3O2. The lowest BCUT2D eigenvalue weighted by atomic mass is 10.0. The van der Waals surface area contributed by atoms with Crippen molar-refractivity contribution in [3.05, 3.63) is 63.6 Å². The van der Waals surface area contributed by atoms with Crippen LogP contribution < -0.4 is 16.6 Å². The van der Waals surface area contributed by atoms with Gasteiger partial charge >= 0.3 is 0 Å². The van der Waals surface area contributed by atoms with E-state index in [-0.39, 0.29) is 11.1 Å². The molecule has 0 aliphatic carbocycles. The van der Waals surface area contributed by atoms with Gasteiger partial charge < -0.3 is 11.1 Å². The van der Waals surface area contributed by atoms with Gasteiger partial charge in [0, 0.05) is 17.9 Å². The van der Waals surface area contributed by atoms with Crippen LogP contribution in [0.15, 0.2) is 41.2 Å². The number of benzene rings is 1. The average Bonchev–Trinajstić information content (AvgIpc) is 2.47. The zero-order chi connectivity index (χ0) is 14.1. The van der Waals surface area contributed by atoms with E-state index in [4.69, 9.17) is 5.73 Å². The van der Waals surface area contributed by atoms with Gasteiger partial charge in [-0.25, -0.2) is 0 Å². The number of nitrogens with zero attached hydrogens (tertiary/aromatic N) is 1. The van der Waals surface area contributed by atoms with Crippen molar-refractivity contribution in [2.45, 2.75) is 13.0 Å². The maximum atomic E-state index is 12.5. The highest BCUT2D eigenvalue weighted by Crippen LogP contribution is 2.17. The molecule has 0 bridgehead atoms. The van der Waals surface area contributed by atoms with Gasteiger partial charge in [-0.1, -0.05) is 18.2 Å². The summed E-state index contributed by atoms with van der Waals surface area (Å²) in [5, 5.41) is 3.25. The van der Waals surface area contributed by atoms with Gasteiger partial charge in [0.25, 0.3) is 11.5 Å². The van der Waals surface area contributed by atoms with Crippen molar-refractivity contribution in [2.24, 2.45) is 5.73 Å². The van der Waals surface area contributed by atoms with Crippen molar-refractivity contribution in [1.82, 2.24) is 9.88 Å². The minimum absolute atomic E-state index is 0.0505. The molecule has 3 rings (SSSR count). The Bertz CT molecular complexity index is 720. The summed E-state index contributed by atoms with van der Waals surface area (Å²) in [6.07, 6.45) is 0.780. The van der Waals surface area contributed by atoms with Crippen LogP contribution in [0.5, 0.6) is 0 Å². The summed E-state index contributed by atoms with van der Waals surface area (Å²) >= 11 is 0. The molecule has 0 saturated heterocycles. The number of nitrogens with one attached hydrogen (secondary N) is 1. The van der Waals surface area contributed by atoms with Crippen molar-refractivity contribution in [3.63, 3.8) is 0 Å². The number of hydrogen-bond acceptors (Lipinski definition) is 3.